The van der Waals surface area contributed by atoms with E-state index in [0.29, 0.717) is 6.54 Å². The molecule has 1 aliphatic heterocycles. The summed E-state index contributed by atoms with van der Waals surface area (Å²) < 4.78 is 5.48. The number of rotatable bonds is 4. The van der Waals surface area contributed by atoms with Crippen LogP contribution in [0.1, 0.15) is 60.8 Å². The highest BCUT2D eigenvalue weighted by atomic mass is 16.6. The number of carboxylic acid groups (broad SMARTS) is 1. The number of ether oxygens (including phenoxy) is 1. The smallest absolute Gasteiger partial charge is 0.410 e. The number of carbonyl (C=O) groups is 2. The van der Waals surface area contributed by atoms with Gasteiger partial charge in [0, 0.05) is 12.6 Å². The molecule has 1 rings (SSSR count). The first-order chi connectivity index (χ1) is 9.94. The van der Waals surface area contributed by atoms with E-state index in [9.17, 15) is 14.7 Å². The Morgan fingerprint density at radius 2 is 1.82 bits per heavy atom. The minimum Gasteiger partial charge on any atom is -0.480 e. The number of aliphatic carboxylic acids is 1. The van der Waals surface area contributed by atoms with Crippen LogP contribution in [-0.2, 0) is 9.53 Å². The molecule has 22 heavy (non-hydrogen) atoms. The summed E-state index contributed by atoms with van der Waals surface area (Å²) >= 11 is 0. The molecule has 2 unspecified atom stereocenters. The molecular formula is C16H30N2O4. The summed E-state index contributed by atoms with van der Waals surface area (Å²) in [6.45, 7) is 11.4. The van der Waals surface area contributed by atoms with E-state index < -0.39 is 17.1 Å². The van der Waals surface area contributed by atoms with E-state index in [0.717, 1.165) is 19.3 Å². The Morgan fingerprint density at radius 3 is 2.32 bits per heavy atom. The van der Waals surface area contributed by atoms with Crippen molar-refractivity contribution in [1.29, 1.82) is 0 Å². The second kappa shape index (κ2) is 6.86. The molecule has 6 heteroatoms. The molecule has 1 aliphatic rings. The number of carboxylic acids is 1. The lowest BCUT2D eigenvalue weighted by Crippen LogP contribution is -2.60. The van der Waals surface area contributed by atoms with Crippen molar-refractivity contribution >= 4 is 12.1 Å². The van der Waals surface area contributed by atoms with Gasteiger partial charge in [-0.25, -0.2) is 4.79 Å². The maximum atomic E-state index is 12.4. The van der Waals surface area contributed by atoms with Crippen molar-refractivity contribution in [2.75, 3.05) is 6.54 Å². The second-order valence-corrected chi connectivity index (χ2v) is 7.60. The minimum absolute atomic E-state index is 0.0535. The quantitative estimate of drug-likeness (QED) is 0.834. The highest BCUT2D eigenvalue weighted by Gasteiger charge is 2.37. The fourth-order valence-corrected chi connectivity index (χ4v) is 2.75. The van der Waals surface area contributed by atoms with Crippen LogP contribution in [0.5, 0.6) is 0 Å². The molecule has 0 aromatic carbocycles. The lowest BCUT2D eigenvalue weighted by molar-refractivity contribution is -0.143. The Hall–Kier alpha value is -1.30. The number of likely N-dealkylation sites (tertiary alicyclic amines) is 1. The number of hydrogen-bond donors (Lipinski definition) is 2. The van der Waals surface area contributed by atoms with Crippen LogP contribution in [0.25, 0.3) is 0 Å². The SMILES string of the molecule is CC(NC(C)(C)C(=O)O)C1CCCCN1C(=O)OC(C)(C)C. The molecular weight excluding hydrogens is 284 g/mol. The first kappa shape index (κ1) is 18.7. The molecule has 6 nitrogen and oxygen atoms in total. The molecule has 1 saturated heterocycles. The lowest BCUT2D eigenvalue weighted by Gasteiger charge is -2.41. The van der Waals surface area contributed by atoms with E-state index in [1.54, 1.807) is 18.7 Å². The van der Waals surface area contributed by atoms with Gasteiger partial charge < -0.3 is 14.7 Å². The van der Waals surface area contributed by atoms with Gasteiger partial charge in [-0.15, -0.1) is 0 Å². The third-order valence-corrected chi connectivity index (χ3v) is 3.88. The Morgan fingerprint density at radius 1 is 1.23 bits per heavy atom. The first-order valence-corrected chi connectivity index (χ1v) is 7.95. The fraction of sp³-hybridized carbons (Fsp3) is 0.875. The number of piperidine rings is 1. The number of nitrogens with one attached hydrogen (secondary N) is 1. The molecule has 0 aromatic heterocycles. The van der Waals surface area contributed by atoms with Gasteiger partial charge in [0.2, 0.25) is 0 Å². The van der Waals surface area contributed by atoms with Crippen molar-refractivity contribution in [2.24, 2.45) is 0 Å². The first-order valence-electron chi connectivity index (χ1n) is 7.95. The maximum Gasteiger partial charge on any atom is 0.410 e. The van der Waals surface area contributed by atoms with E-state index in [1.165, 1.54) is 0 Å². The van der Waals surface area contributed by atoms with E-state index in [2.05, 4.69) is 5.32 Å². The molecule has 2 atom stereocenters. The zero-order valence-electron chi connectivity index (χ0n) is 14.6. The summed E-state index contributed by atoms with van der Waals surface area (Å²) in [6.07, 6.45) is 2.51. The summed E-state index contributed by atoms with van der Waals surface area (Å²) in [6, 6.07) is -0.179. The minimum atomic E-state index is -1.03. The zero-order chi connectivity index (χ0) is 17.1. The standard InChI is InChI=1S/C16H30N2O4/c1-11(17-16(5,6)13(19)20)12-9-7-8-10-18(12)14(21)22-15(2,3)4/h11-12,17H,7-10H2,1-6H3,(H,19,20). The van der Waals surface area contributed by atoms with E-state index in [4.69, 9.17) is 4.74 Å². The molecule has 1 amide bonds. The molecule has 1 heterocycles. The highest BCUT2D eigenvalue weighted by Crippen LogP contribution is 2.23. The zero-order valence-corrected chi connectivity index (χ0v) is 14.6. The van der Waals surface area contributed by atoms with Crippen molar-refractivity contribution in [3.8, 4) is 0 Å². The van der Waals surface area contributed by atoms with Gasteiger partial charge in [-0.1, -0.05) is 0 Å². The number of nitrogens with zero attached hydrogens (tertiary/aromatic N) is 1. The van der Waals surface area contributed by atoms with Crippen LogP contribution >= 0.6 is 0 Å². The van der Waals surface area contributed by atoms with Crippen LogP contribution < -0.4 is 5.32 Å². The normalized spacial score (nSPS) is 21.4. The van der Waals surface area contributed by atoms with E-state index >= 15 is 0 Å². The van der Waals surface area contributed by atoms with E-state index in [-0.39, 0.29) is 18.2 Å². The summed E-state index contributed by atoms with van der Waals surface area (Å²) in [4.78, 5) is 25.4. The molecule has 0 spiro atoms. The molecule has 1 fully saturated rings. The number of amides is 1. The lowest BCUT2D eigenvalue weighted by atomic mass is 9.94. The topological polar surface area (TPSA) is 78.9 Å². The third-order valence-electron chi connectivity index (χ3n) is 3.88. The van der Waals surface area contributed by atoms with Crippen LogP contribution in [0.2, 0.25) is 0 Å². The predicted octanol–water partition coefficient (Wildman–Crippen LogP) is 2.62. The molecule has 0 radical (unpaired) electrons. The van der Waals surface area contributed by atoms with Crippen molar-refractivity contribution in [1.82, 2.24) is 10.2 Å². The summed E-state index contributed by atoms with van der Waals surface area (Å²) in [7, 11) is 0. The largest absolute Gasteiger partial charge is 0.480 e. The average Bonchev–Trinajstić information content (AvgIpc) is 2.36. The molecule has 128 valence electrons. The molecule has 0 aromatic rings. The van der Waals surface area contributed by atoms with Crippen LogP contribution in [0.15, 0.2) is 0 Å². The van der Waals surface area contributed by atoms with E-state index in [1.807, 2.05) is 27.7 Å². The average molecular weight is 314 g/mol. The van der Waals surface area contributed by atoms with Crippen LogP contribution in [0.3, 0.4) is 0 Å². The molecule has 0 saturated carbocycles. The van der Waals surface area contributed by atoms with Gasteiger partial charge in [0.1, 0.15) is 11.1 Å². The van der Waals surface area contributed by atoms with Crippen LogP contribution in [0, 0.1) is 0 Å². The van der Waals surface area contributed by atoms with Crippen molar-refractivity contribution in [3.63, 3.8) is 0 Å². The van der Waals surface area contributed by atoms with Crippen molar-refractivity contribution in [2.45, 2.75) is 84.0 Å². The molecule has 2 N–H and O–H groups in total. The molecule has 0 bridgehead atoms. The predicted molar refractivity (Wildman–Crippen MR) is 84.9 cm³/mol. The number of carbonyl (C=O) groups excluding carboxylic acids is 1. The van der Waals surface area contributed by atoms with Gasteiger partial charge in [0.15, 0.2) is 0 Å². The summed E-state index contributed by atoms with van der Waals surface area (Å²) in [5.41, 5.74) is -1.56. The monoisotopic (exact) mass is 314 g/mol. The van der Waals surface area contributed by atoms with Gasteiger partial charge in [-0.05, 0) is 60.8 Å². The maximum absolute atomic E-state index is 12.4. The fourth-order valence-electron chi connectivity index (χ4n) is 2.75. The Kier molecular flexibility index (Phi) is 5.84. The Balaban J connectivity index is 2.80. The number of hydrogen-bond acceptors (Lipinski definition) is 4. The van der Waals surface area contributed by atoms with Gasteiger partial charge in [-0.2, -0.15) is 0 Å². The summed E-state index contributed by atoms with van der Waals surface area (Å²) in [5.74, 6) is -0.904. The third kappa shape index (κ3) is 5.16. The van der Waals surface area contributed by atoms with Crippen molar-refractivity contribution < 1.29 is 19.4 Å². The second-order valence-electron chi connectivity index (χ2n) is 7.60. The molecule has 0 aliphatic carbocycles. The van der Waals surface area contributed by atoms with Gasteiger partial charge in [0.05, 0.1) is 6.04 Å². The van der Waals surface area contributed by atoms with Crippen LogP contribution in [0.4, 0.5) is 4.79 Å². The Labute approximate surface area is 133 Å². The van der Waals surface area contributed by atoms with Gasteiger partial charge in [-0.3, -0.25) is 10.1 Å². The highest BCUT2D eigenvalue weighted by molar-refractivity contribution is 5.77. The van der Waals surface area contributed by atoms with Gasteiger partial charge in [0.25, 0.3) is 0 Å². The van der Waals surface area contributed by atoms with Crippen LogP contribution in [-0.4, -0.2) is 51.8 Å². The summed E-state index contributed by atoms with van der Waals surface area (Å²) in [5, 5.41) is 12.4. The van der Waals surface area contributed by atoms with Crippen molar-refractivity contribution in [3.05, 3.63) is 0 Å². The van der Waals surface area contributed by atoms with Gasteiger partial charge >= 0.3 is 12.1 Å². The Bertz CT molecular complexity index is 415.